The number of hydrogen-bond acceptors (Lipinski definition) is 2. The van der Waals surface area contributed by atoms with E-state index in [9.17, 15) is 5.11 Å². The van der Waals surface area contributed by atoms with Crippen LogP contribution in [0.3, 0.4) is 0 Å². The predicted octanol–water partition coefficient (Wildman–Crippen LogP) is 3.14. The Bertz CT molecular complexity index is 503. The van der Waals surface area contributed by atoms with Crippen LogP contribution in [-0.4, -0.2) is 5.11 Å². The number of nitrogen functional groups attached to an aromatic ring is 1. The van der Waals surface area contributed by atoms with Crippen LogP contribution in [0.5, 0.6) is 5.75 Å². The largest absolute Gasteiger partial charge is 0.506 e. The van der Waals surface area contributed by atoms with Gasteiger partial charge >= 0.3 is 0 Å². The summed E-state index contributed by atoms with van der Waals surface area (Å²) in [5, 5.41) is 9.44. The zero-order valence-corrected chi connectivity index (χ0v) is 8.80. The molecule has 0 spiro atoms. The molecule has 0 saturated carbocycles. The van der Waals surface area contributed by atoms with E-state index >= 15 is 0 Å². The van der Waals surface area contributed by atoms with Crippen molar-refractivity contribution in [3.05, 3.63) is 59.7 Å². The topological polar surface area (TPSA) is 46.2 Å². The third-order valence-corrected chi connectivity index (χ3v) is 2.37. The van der Waals surface area contributed by atoms with Crippen molar-refractivity contribution in [2.75, 3.05) is 5.73 Å². The number of anilines is 1. The van der Waals surface area contributed by atoms with Crippen molar-refractivity contribution in [1.29, 1.82) is 0 Å². The summed E-state index contributed by atoms with van der Waals surface area (Å²) in [6.07, 6.45) is 3.86. The average molecular weight is 211 g/mol. The first-order valence-corrected chi connectivity index (χ1v) is 5.08. The number of nitrogens with two attached hydrogens (primary N) is 1. The first kappa shape index (κ1) is 10.3. The van der Waals surface area contributed by atoms with Crippen molar-refractivity contribution in [1.82, 2.24) is 0 Å². The first-order valence-electron chi connectivity index (χ1n) is 5.08. The van der Waals surface area contributed by atoms with E-state index in [4.69, 9.17) is 5.73 Å². The minimum Gasteiger partial charge on any atom is -0.506 e. The van der Waals surface area contributed by atoms with Crippen molar-refractivity contribution < 1.29 is 5.11 Å². The fraction of sp³-hybridized carbons (Fsp3) is 0. The molecule has 0 atom stereocenters. The van der Waals surface area contributed by atoms with E-state index in [0.717, 1.165) is 11.1 Å². The van der Waals surface area contributed by atoms with E-state index in [0.29, 0.717) is 5.69 Å². The lowest BCUT2D eigenvalue weighted by molar-refractivity contribution is 0.478. The molecule has 0 aliphatic rings. The Kier molecular flexibility index (Phi) is 2.92. The molecule has 0 aliphatic carbocycles. The van der Waals surface area contributed by atoms with Crippen LogP contribution in [0.1, 0.15) is 11.1 Å². The van der Waals surface area contributed by atoms with Crippen molar-refractivity contribution >= 4 is 17.8 Å². The average Bonchev–Trinajstić information content (AvgIpc) is 2.32. The molecule has 0 unspecified atom stereocenters. The van der Waals surface area contributed by atoms with Crippen molar-refractivity contribution in [2.45, 2.75) is 0 Å². The van der Waals surface area contributed by atoms with E-state index < -0.39 is 0 Å². The molecule has 2 heteroatoms. The fourth-order valence-electron chi connectivity index (χ4n) is 1.47. The van der Waals surface area contributed by atoms with Gasteiger partial charge in [-0.1, -0.05) is 54.6 Å². The van der Waals surface area contributed by atoms with E-state index in [-0.39, 0.29) is 5.75 Å². The second kappa shape index (κ2) is 4.53. The quantitative estimate of drug-likeness (QED) is 0.455. The lowest BCUT2D eigenvalue weighted by Gasteiger charge is -2.02. The molecule has 0 heterocycles. The molecule has 2 aromatic rings. The van der Waals surface area contributed by atoms with Crippen LogP contribution in [0.15, 0.2) is 48.5 Å². The second-order valence-electron chi connectivity index (χ2n) is 3.52. The van der Waals surface area contributed by atoms with Crippen LogP contribution < -0.4 is 5.73 Å². The minimum atomic E-state index is 0.121. The Hall–Kier alpha value is -2.22. The highest BCUT2D eigenvalue weighted by Gasteiger charge is 1.99. The van der Waals surface area contributed by atoms with Crippen LogP contribution in [0.25, 0.3) is 12.2 Å². The molecule has 0 bridgehead atoms. The number of hydrogen-bond donors (Lipinski definition) is 2. The molecule has 3 N–H and O–H groups in total. The van der Waals surface area contributed by atoms with Gasteiger partial charge in [-0.3, -0.25) is 0 Å². The van der Waals surface area contributed by atoms with Gasteiger partial charge in [-0.15, -0.1) is 0 Å². The summed E-state index contributed by atoms with van der Waals surface area (Å²) in [5.74, 6) is 0.121. The Morgan fingerprint density at radius 3 is 2.38 bits per heavy atom. The Balaban J connectivity index is 2.28. The summed E-state index contributed by atoms with van der Waals surface area (Å²) in [6.45, 7) is 0. The van der Waals surface area contributed by atoms with Crippen molar-refractivity contribution in [3.8, 4) is 5.75 Å². The van der Waals surface area contributed by atoms with Crippen LogP contribution >= 0.6 is 0 Å². The fourth-order valence-corrected chi connectivity index (χ4v) is 1.47. The molecule has 0 fully saturated rings. The molecule has 0 saturated heterocycles. The maximum atomic E-state index is 9.44. The van der Waals surface area contributed by atoms with E-state index in [1.54, 1.807) is 12.1 Å². The lowest BCUT2D eigenvalue weighted by Crippen LogP contribution is -1.88. The summed E-state index contributed by atoms with van der Waals surface area (Å²) in [4.78, 5) is 0. The number of aromatic hydroxyl groups is 1. The normalized spacial score (nSPS) is 10.8. The Labute approximate surface area is 94.7 Å². The summed E-state index contributed by atoms with van der Waals surface area (Å²) in [6, 6.07) is 15.2. The SMILES string of the molecule is Nc1c(O)cccc1C=Cc1ccccc1. The van der Waals surface area contributed by atoms with Gasteiger partial charge in [0.15, 0.2) is 0 Å². The molecule has 2 rings (SSSR count). The highest BCUT2D eigenvalue weighted by atomic mass is 16.3. The Morgan fingerprint density at radius 2 is 1.62 bits per heavy atom. The van der Waals surface area contributed by atoms with Crippen LogP contribution in [0, 0.1) is 0 Å². The first-order chi connectivity index (χ1) is 7.77. The smallest absolute Gasteiger partial charge is 0.139 e. The molecule has 0 aromatic heterocycles. The van der Waals surface area contributed by atoms with Crippen molar-refractivity contribution in [3.63, 3.8) is 0 Å². The van der Waals surface area contributed by atoms with Crippen molar-refractivity contribution in [2.24, 2.45) is 0 Å². The molecule has 0 aliphatic heterocycles. The highest BCUT2D eigenvalue weighted by Crippen LogP contribution is 2.24. The van der Waals surface area contributed by atoms with Gasteiger partial charge in [-0.25, -0.2) is 0 Å². The van der Waals surface area contributed by atoms with Gasteiger partial charge in [-0.05, 0) is 11.6 Å². The Morgan fingerprint density at radius 1 is 0.875 bits per heavy atom. The van der Waals surface area contributed by atoms with E-state index in [1.807, 2.05) is 48.6 Å². The number of phenols is 1. The minimum absolute atomic E-state index is 0.121. The van der Waals surface area contributed by atoms with Crippen LogP contribution in [-0.2, 0) is 0 Å². The molecule has 0 amide bonds. The van der Waals surface area contributed by atoms with Gasteiger partial charge in [0.25, 0.3) is 0 Å². The number of rotatable bonds is 2. The zero-order valence-electron chi connectivity index (χ0n) is 8.80. The lowest BCUT2D eigenvalue weighted by atomic mass is 10.1. The standard InChI is InChI=1S/C14H13NO/c15-14-12(7-4-8-13(14)16)10-9-11-5-2-1-3-6-11/h1-10,16H,15H2. The molecular weight excluding hydrogens is 198 g/mol. The van der Waals surface area contributed by atoms with Crippen LogP contribution in [0.2, 0.25) is 0 Å². The van der Waals surface area contributed by atoms with Gasteiger partial charge in [0, 0.05) is 5.56 Å². The molecule has 0 radical (unpaired) electrons. The summed E-state index contributed by atoms with van der Waals surface area (Å²) in [5.41, 5.74) is 8.08. The van der Waals surface area contributed by atoms with E-state index in [1.165, 1.54) is 0 Å². The maximum absolute atomic E-state index is 9.44. The summed E-state index contributed by atoms with van der Waals surface area (Å²) in [7, 11) is 0. The van der Waals surface area contributed by atoms with Crippen LogP contribution in [0.4, 0.5) is 5.69 Å². The third kappa shape index (κ3) is 2.23. The second-order valence-corrected chi connectivity index (χ2v) is 3.52. The molecule has 16 heavy (non-hydrogen) atoms. The van der Waals surface area contributed by atoms with Gasteiger partial charge < -0.3 is 10.8 Å². The number of para-hydroxylation sites is 1. The highest BCUT2D eigenvalue weighted by molar-refractivity contribution is 5.78. The predicted molar refractivity (Wildman–Crippen MR) is 67.9 cm³/mol. The molecule has 80 valence electrons. The number of phenolic OH excluding ortho intramolecular Hbond substituents is 1. The molecule has 2 aromatic carbocycles. The molecular formula is C14H13NO. The van der Waals surface area contributed by atoms with Gasteiger partial charge in [0.05, 0.1) is 5.69 Å². The van der Waals surface area contributed by atoms with Gasteiger partial charge in [-0.2, -0.15) is 0 Å². The maximum Gasteiger partial charge on any atom is 0.139 e. The summed E-state index contributed by atoms with van der Waals surface area (Å²) >= 11 is 0. The van der Waals surface area contributed by atoms with E-state index in [2.05, 4.69) is 0 Å². The zero-order chi connectivity index (χ0) is 11.4. The molecule has 2 nitrogen and oxygen atoms in total. The monoisotopic (exact) mass is 211 g/mol. The summed E-state index contributed by atoms with van der Waals surface area (Å²) < 4.78 is 0. The van der Waals surface area contributed by atoms with Gasteiger partial charge in [0.1, 0.15) is 5.75 Å². The number of benzene rings is 2. The third-order valence-electron chi connectivity index (χ3n) is 2.37. The van der Waals surface area contributed by atoms with Gasteiger partial charge in [0.2, 0.25) is 0 Å².